The molecule has 0 unspecified atom stereocenters. The molecule has 4 heterocycles. The number of fused-ring (bicyclic) bond motifs is 1. The Labute approximate surface area is 260 Å². The summed E-state index contributed by atoms with van der Waals surface area (Å²) in [6.45, 7) is 12.4. The standard InChI is InChI=1S/C32H38N6O5S/c1-20-25-16-33-26(35-29(25)38(30(40)28(20)21(2)39)17-22-7-9-24(42-6)10-8-22)15-27-34-23(19-44-27)18-36-11-13-37(14-12-36)31(41)43-32(3,4)5/h7-10,16,19H,11-15,17-18H2,1-6H3. The highest BCUT2D eigenvalue weighted by molar-refractivity contribution is 7.09. The highest BCUT2D eigenvalue weighted by atomic mass is 32.1. The number of hydrogen-bond donors (Lipinski definition) is 0. The minimum atomic E-state index is -0.510. The lowest BCUT2D eigenvalue weighted by atomic mass is 10.0. The number of piperazine rings is 1. The zero-order valence-corrected chi connectivity index (χ0v) is 26.9. The van der Waals surface area contributed by atoms with E-state index in [-0.39, 0.29) is 29.5 Å². The Morgan fingerprint density at radius 1 is 1.02 bits per heavy atom. The van der Waals surface area contributed by atoms with Gasteiger partial charge in [-0.25, -0.2) is 19.7 Å². The molecule has 0 aliphatic carbocycles. The van der Waals surface area contributed by atoms with Crippen molar-refractivity contribution in [3.05, 3.63) is 79.4 Å². The summed E-state index contributed by atoms with van der Waals surface area (Å²) in [7, 11) is 1.60. The number of carbonyl (C=O) groups excluding carboxylic acids is 2. The topological polar surface area (TPSA) is 120 Å². The van der Waals surface area contributed by atoms with Gasteiger partial charge in [-0.2, -0.15) is 0 Å². The maximum atomic E-state index is 13.6. The Kier molecular flexibility index (Phi) is 9.12. The van der Waals surface area contributed by atoms with Crippen molar-refractivity contribution >= 4 is 34.2 Å². The number of rotatable bonds is 8. The van der Waals surface area contributed by atoms with Gasteiger partial charge in [0.05, 0.1) is 31.3 Å². The third kappa shape index (κ3) is 7.13. The molecule has 0 atom stereocenters. The molecular weight excluding hydrogens is 580 g/mol. The summed E-state index contributed by atoms with van der Waals surface area (Å²) in [4.78, 5) is 56.7. The second-order valence-corrected chi connectivity index (χ2v) is 12.9. The van der Waals surface area contributed by atoms with E-state index in [0.29, 0.717) is 48.5 Å². The van der Waals surface area contributed by atoms with Gasteiger partial charge in [-0.15, -0.1) is 11.3 Å². The quantitative estimate of drug-likeness (QED) is 0.264. The zero-order chi connectivity index (χ0) is 31.6. The summed E-state index contributed by atoms with van der Waals surface area (Å²) >= 11 is 1.55. The van der Waals surface area contributed by atoms with Gasteiger partial charge in [0.2, 0.25) is 0 Å². The Morgan fingerprint density at radius 3 is 2.36 bits per heavy atom. The molecule has 232 valence electrons. The normalized spacial score (nSPS) is 14.2. The first-order chi connectivity index (χ1) is 20.9. The summed E-state index contributed by atoms with van der Waals surface area (Å²) in [5, 5.41) is 3.57. The molecule has 1 aliphatic rings. The summed E-state index contributed by atoms with van der Waals surface area (Å²) in [6, 6.07) is 7.45. The van der Waals surface area contributed by atoms with E-state index in [1.165, 1.54) is 6.92 Å². The molecule has 1 fully saturated rings. The number of amides is 1. The van der Waals surface area contributed by atoms with E-state index < -0.39 is 5.60 Å². The first-order valence-electron chi connectivity index (χ1n) is 14.6. The first-order valence-corrected chi connectivity index (χ1v) is 15.5. The highest BCUT2D eigenvalue weighted by Crippen LogP contribution is 2.22. The Morgan fingerprint density at radius 2 is 1.73 bits per heavy atom. The van der Waals surface area contributed by atoms with Crippen LogP contribution < -0.4 is 10.3 Å². The van der Waals surface area contributed by atoms with E-state index in [1.807, 2.05) is 50.4 Å². The van der Waals surface area contributed by atoms with Gasteiger partial charge in [-0.3, -0.25) is 19.1 Å². The molecular formula is C32H38N6O5S. The lowest BCUT2D eigenvalue weighted by Crippen LogP contribution is -2.49. The molecule has 0 bridgehead atoms. The van der Waals surface area contributed by atoms with Crippen molar-refractivity contribution in [3.8, 4) is 5.75 Å². The smallest absolute Gasteiger partial charge is 0.410 e. The predicted octanol–water partition coefficient (Wildman–Crippen LogP) is 4.46. The number of hydrogen-bond acceptors (Lipinski definition) is 10. The number of carbonyl (C=O) groups is 2. The number of Topliss-reactive ketones (excluding diaryl/α,β-unsaturated/α-hetero) is 1. The molecule has 44 heavy (non-hydrogen) atoms. The second kappa shape index (κ2) is 12.8. The minimum Gasteiger partial charge on any atom is -0.497 e. The van der Waals surface area contributed by atoms with Crippen LogP contribution >= 0.6 is 11.3 Å². The van der Waals surface area contributed by atoms with Gasteiger partial charge >= 0.3 is 6.09 Å². The molecule has 4 aromatic rings. The molecule has 1 aliphatic heterocycles. The van der Waals surface area contributed by atoms with Crippen LogP contribution in [0.4, 0.5) is 4.79 Å². The van der Waals surface area contributed by atoms with Crippen LogP contribution in [-0.4, -0.2) is 80.1 Å². The Hall–Kier alpha value is -4.16. The number of methoxy groups -OCH3 is 1. The second-order valence-electron chi connectivity index (χ2n) is 12.0. The van der Waals surface area contributed by atoms with Gasteiger partial charge in [0.1, 0.15) is 27.8 Å². The van der Waals surface area contributed by atoms with Crippen LogP contribution in [-0.2, 0) is 24.2 Å². The highest BCUT2D eigenvalue weighted by Gasteiger charge is 2.26. The van der Waals surface area contributed by atoms with Crippen LogP contribution in [0.2, 0.25) is 0 Å². The van der Waals surface area contributed by atoms with Crippen molar-refractivity contribution in [1.82, 2.24) is 29.3 Å². The van der Waals surface area contributed by atoms with Gasteiger partial charge in [-0.1, -0.05) is 12.1 Å². The summed E-state index contributed by atoms with van der Waals surface area (Å²) in [5.74, 6) is 0.973. The molecule has 1 saturated heterocycles. The Bertz CT molecular complexity index is 1730. The fourth-order valence-electron chi connectivity index (χ4n) is 5.25. The molecule has 1 aromatic carbocycles. The first kappa shape index (κ1) is 31.3. The number of ether oxygens (including phenoxy) is 2. The van der Waals surface area contributed by atoms with Crippen molar-refractivity contribution in [3.63, 3.8) is 0 Å². The predicted molar refractivity (Wildman–Crippen MR) is 169 cm³/mol. The van der Waals surface area contributed by atoms with Crippen molar-refractivity contribution in [2.24, 2.45) is 0 Å². The number of ketones is 1. The number of aryl methyl sites for hydroxylation is 1. The van der Waals surface area contributed by atoms with Gasteiger partial charge in [0.15, 0.2) is 5.78 Å². The van der Waals surface area contributed by atoms with Gasteiger partial charge in [-0.05, 0) is 57.9 Å². The number of aromatic nitrogens is 4. The number of pyridine rings is 1. The lowest BCUT2D eigenvalue weighted by molar-refractivity contribution is 0.0138. The SMILES string of the molecule is COc1ccc(Cn2c(=O)c(C(C)=O)c(C)c3cnc(Cc4nc(CN5CCN(C(=O)OC(C)(C)C)CC5)cs4)nc32)cc1. The average Bonchev–Trinajstić information content (AvgIpc) is 3.41. The van der Waals surface area contributed by atoms with E-state index in [9.17, 15) is 14.4 Å². The molecule has 3 aromatic heterocycles. The number of thiazole rings is 1. The van der Waals surface area contributed by atoms with Crippen LogP contribution in [0, 0.1) is 6.92 Å². The fourth-order valence-corrected chi connectivity index (χ4v) is 6.03. The largest absolute Gasteiger partial charge is 0.497 e. The van der Waals surface area contributed by atoms with E-state index in [2.05, 4.69) is 9.88 Å². The molecule has 5 rings (SSSR count). The Balaban J connectivity index is 1.33. The van der Waals surface area contributed by atoms with Crippen molar-refractivity contribution in [1.29, 1.82) is 0 Å². The summed E-state index contributed by atoms with van der Waals surface area (Å²) in [6.07, 6.45) is 1.84. The summed E-state index contributed by atoms with van der Waals surface area (Å²) < 4.78 is 12.3. The monoisotopic (exact) mass is 618 g/mol. The third-order valence-corrected chi connectivity index (χ3v) is 8.38. The maximum absolute atomic E-state index is 13.6. The van der Waals surface area contributed by atoms with Crippen LogP contribution in [0.1, 0.15) is 65.7 Å². The molecule has 0 saturated carbocycles. The molecule has 0 radical (unpaired) electrons. The number of benzene rings is 1. The zero-order valence-electron chi connectivity index (χ0n) is 26.0. The van der Waals surface area contributed by atoms with Crippen molar-refractivity contribution in [2.75, 3.05) is 33.3 Å². The average molecular weight is 619 g/mol. The van der Waals surface area contributed by atoms with Crippen LogP contribution in [0.15, 0.2) is 40.6 Å². The molecule has 12 heteroatoms. The van der Waals surface area contributed by atoms with E-state index >= 15 is 0 Å². The van der Waals surface area contributed by atoms with Crippen LogP contribution in [0.5, 0.6) is 5.75 Å². The van der Waals surface area contributed by atoms with Crippen molar-refractivity contribution in [2.45, 2.75) is 59.7 Å². The minimum absolute atomic E-state index is 0.152. The molecule has 0 N–H and O–H groups in total. The van der Waals surface area contributed by atoms with E-state index in [0.717, 1.165) is 35.1 Å². The van der Waals surface area contributed by atoms with E-state index in [1.54, 1.807) is 41.0 Å². The molecule has 11 nitrogen and oxygen atoms in total. The van der Waals surface area contributed by atoms with Crippen LogP contribution in [0.25, 0.3) is 11.0 Å². The lowest BCUT2D eigenvalue weighted by Gasteiger charge is -2.35. The van der Waals surface area contributed by atoms with Gasteiger partial charge in [0, 0.05) is 49.7 Å². The maximum Gasteiger partial charge on any atom is 0.410 e. The summed E-state index contributed by atoms with van der Waals surface area (Å²) in [5.41, 5.74) is 2.17. The van der Waals surface area contributed by atoms with Gasteiger partial charge in [0.25, 0.3) is 5.56 Å². The van der Waals surface area contributed by atoms with Crippen LogP contribution in [0.3, 0.4) is 0 Å². The van der Waals surface area contributed by atoms with Gasteiger partial charge < -0.3 is 14.4 Å². The number of nitrogens with zero attached hydrogens (tertiary/aromatic N) is 6. The molecule has 0 spiro atoms. The van der Waals surface area contributed by atoms with Crippen molar-refractivity contribution < 1.29 is 19.1 Å². The fraction of sp³-hybridized carbons (Fsp3) is 0.438. The third-order valence-electron chi connectivity index (χ3n) is 7.48. The van der Waals surface area contributed by atoms with E-state index in [4.69, 9.17) is 19.4 Å². The molecule has 1 amide bonds.